The van der Waals surface area contributed by atoms with Gasteiger partial charge in [0.1, 0.15) is 6.04 Å². The first-order valence-electron chi connectivity index (χ1n) is 8.48. The summed E-state index contributed by atoms with van der Waals surface area (Å²) < 4.78 is 36.3. The van der Waals surface area contributed by atoms with E-state index in [9.17, 15) is 13.2 Å². The van der Waals surface area contributed by atoms with Gasteiger partial charge in [0.15, 0.2) is 11.5 Å². The molecule has 0 radical (unpaired) electrons. The van der Waals surface area contributed by atoms with Crippen LogP contribution in [0, 0.1) is 6.92 Å². The number of benzene rings is 2. The summed E-state index contributed by atoms with van der Waals surface area (Å²) in [5, 5.41) is 2.78. The van der Waals surface area contributed by atoms with E-state index in [4.69, 9.17) is 9.47 Å². The van der Waals surface area contributed by atoms with Crippen molar-refractivity contribution in [2.45, 2.75) is 26.4 Å². The number of aryl methyl sites for hydroxylation is 1. The summed E-state index contributed by atoms with van der Waals surface area (Å²) in [6, 6.07) is 11.5. The van der Waals surface area contributed by atoms with Crippen LogP contribution in [-0.2, 0) is 21.4 Å². The second-order valence-corrected chi connectivity index (χ2v) is 8.34. The first-order chi connectivity index (χ1) is 12.8. The summed E-state index contributed by atoms with van der Waals surface area (Å²) in [4.78, 5) is 12.6. The van der Waals surface area contributed by atoms with Gasteiger partial charge in [-0.05, 0) is 43.7 Å². The molecule has 0 fully saturated rings. The van der Waals surface area contributed by atoms with E-state index < -0.39 is 22.0 Å². The zero-order valence-corrected chi connectivity index (χ0v) is 16.2. The van der Waals surface area contributed by atoms with Crippen LogP contribution in [-0.4, -0.2) is 33.4 Å². The molecule has 7 nitrogen and oxygen atoms in total. The molecule has 1 amide bonds. The number of nitrogens with one attached hydrogen (secondary N) is 1. The minimum absolute atomic E-state index is 0.183. The molecule has 27 heavy (non-hydrogen) atoms. The number of fused-ring (bicyclic) bond motifs is 1. The summed E-state index contributed by atoms with van der Waals surface area (Å²) in [6.07, 6.45) is 1.09. The van der Waals surface area contributed by atoms with Crippen molar-refractivity contribution in [1.29, 1.82) is 0 Å². The average molecular weight is 390 g/mol. The number of carbonyl (C=O) groups excluding carboxylic acids is 1. The predicted octanol–water partition coefficient (Wildman–Crippen LogP) is 2.19. The lowest BCUT2D eigenvalue weighted by molar-refractivity contribution is -0.122. The van der Waals surface area contributed by atoms with Gasteiger partial charge in [0.2, 0.25) is 22.7 Å². The maximum absolute atomic E-state index is 12.6. The van der Waals surface area contributed by atoms with Crippen LogP contribution >= 0.6 is 0 Å². The first-order valence-corrected chi connectivity index (χ1v) is 10.3. The molecule has 0 saturated heterocycles. The minimum atomic E-state index is -3.63. The van der Waals surface area contributed by atoms with Crippen LogP contribution < -0.4 is 19.1 Å². The predicted molar refractivity (Wildman–Crippen MR) is 102 cm³/mol. The Morgan fingerprint density at radius 1 is 1.15 bits per heavy atom. The van der Waals surface area contributed by atoms with E-state index in [0.29, 0.717) is 17.2 Å². The molecule has 0 bridgehead atoms. The number of hydrogen-bond acceptors (Lipinski definition) is 5. The minimum Gasteiger partial charge on any atom is -0.454 e. The summed E-state index contributed by atoms with van der Waals surface area (Å²) in [6.45, 7) is 3.92. The van der Waals surface area contributed by atoms with Crippen molar-refractivity contribution < 1.29 is 22.7 Å². The highest BCUT2D eigenvalue weighted by atomic mass is 32.2. The molecule has 2 aromatic carbocycles. The molecule has 1 heterocycles. The van der Waals surface area contributed by atoms with Crippen LogP contribution in [0.15, 0.2) is 42.5 Å². The summed E-state index contributed by atoms with van der Waals surface area (Å²) in [7, 11) is -3.63. The van der Waals surface area contributed by atoms with Gasteiger partial charge in [-0.3, -0.25) is 9.10 Å². The third kappa shape index (κ3) is 4.33. The Morgan fingerprint density at radius 3 is 2.48 bits per heavy atom. The molecule has 0 aliphatic carbocycles. The Labute approximate surface area is 158 Å². The molecule has 3 rings (SSSR count). The molecule has 1 atom stereocenters. The molecule has 0 spiro atoms. The fourth-order valence-electron chi connectivity index (χ4n) is 2.89. The van der Waals surface area contributed by atoms with E-state index in [-0.39, 0.29) is 13.3 Å². The smallest absolute Gasteiger partial charge is 0.243 e. The number of amides is 1. The summed E-state index contributed by atoms with van der Waals surface area (Å²) >= 11 is 0. The molecule has 1 aliphatic heterocycles. The number of nitrogens with zero attached hydrogens (tertiary/aromatic N) is 1. The largest absolute Gasteiger partial charge is 0.454 e. The van der Waals surface area contributed by atoms with E-state index in [2.05, 4.69) is 5.32 Å². The topological polar surface area (TPSA) is 84.9 Å². The summed E-state index contributed by atoms with van der Waals surface area (Å²) in [5.74, 6) is 0.909. The monoisotopic (exact) mass is 390 g/mol. The second-order valence-electron chi connectivity index (χ2n) is 6.48. The van der Waals surface area contributed by atoms with Gasteiger partial charge in [0, 0.05) is 6.54 Å². The number of sulfonamides is 1. The maximum Gasteiger partial charge on any atom is 0.243 e. The lowest BCUT2D eigenvalue weighted by Crippen LogP contribution is -2.47. The van der Waals surface area contributed by atoms with E-state index in [1.54, 1.807) is 31.2 Å². The van der Waals surface area contributed by atoms with Gasteiger partial charge >= 0.3 is 0 Å². The van der Waals surface area contributed by atoms with Gasteiger partial charge in [0.25, 0.3) is 0 Å². The van der Waals surface area contributed by atoms with Crippen molar-refractivity contribution in [3.8, 4) is 11.5 Å². The van der Waals surface area contributed by atoms with Gasteiger partial charge in [0.05, 0.1) is 11.9 Å². The van der Waals surface area contributed by atoms with Crippen LogP contribution in [0.3, 0.4) is 0 Å². The molecular weight excluding hydrogens is 368 g/mol. The highest BCUT2D eigenvalue weighted by Crippen LogP contribution is 2.32. The van der Waals surface area contributed by atoms with E-state index in [1.807, 2.05) is 25.1 Å². The van der Waals surface area contributed by atoms with Crippen LogP contribution in [0.2, 0.25) is 0 Å². The Bertz CT molecular complexity index is 941. The van der Waals surface area contributed by atoms with Gasteiger partial charge in [-0.1, -0.05) is 23.8 Å². The van der Waals surface area contributed by atoms with Crippen molar-refractivity contribution >= 4 is 21.6 Å². The van der Waals surface area contributed by atoms with E-state index >= 15 is 0 Å². The fraction of sp³-hybridized carbons (Fsp3) is 0.316. The molecule has 1 aliphatic rings. The van der Waals surface area contributed by atoms with Crippen molar-refractivity contribution in [2.75, 3.05) is 17.4 Å². The van der Waals surface area contributed by atoms with E-state index in [0.717, 1.165) is 21.7 Å². The second kappa shape index (κ2) is 7.48. The number of carbonyl (C=O) groups is 1. The molecular formula is C19H22N2O5S. The molecule has 8 heteroatoms. The lowest BCUT2D eigenvalue weighted by atomic mass is 10.2. The van der Waals surface area contributed by atoms with Gasteiger partial charge in [-0.25, -0.2) is 8.42 Å². The quantitative estimate of drug-likeness (QED) is 0.817. The highest BCUT2D eigenvalue weighted by molar-refractivity contribution is 7.92. The SMILES string of the molecule is Cc1ccc(N([C@@H](C)C(=O)NCc2ccc3c(c2)OCO3)S(C)(=O)=O)cc1. The third-order valence-corrected chi connectivity index (χ3v) is 5.52. The standard InChI is InChI=1S/C19H22N2O5S/c1-13-4-7-16(8-5-13)21(27(3,23)24)14(2)19(22)20-11-15-6-9-17-18(10-15)26-12-25-17/h4-10,14H,11-12H2,1-3H3,(H,20,22)/t14-/m0/s1. The molecule has 144 valence electrons. The molecule has 2 aromatic rings. The lowest BCUT2D eigenvalue weighted by Gasteiger charge is -2.28. The van der Waals surface area contributed by atoms with E-state index in [1.165, 1.54) is 0 Å². The van der Waals surface area contributed by atoms with Crippen molar-refractivity contribution in [2.24, 2.45) is 0 Å². The normalized spacial score (nSPS) is 13.9. The van der Waals surface area contributed by atoms with Gasteiger partial charge in [-0.2, -0.15) is 0 Å². The zero-order valence-electron chi connectivity index (χ0n) is 15.4. The van der Waals surface area contributed by atoms with Gasteiger partial charge < -0.3 is 14.8 Å². The van der Waals surface area contributed by atoms with Crippen LogP contribution in [0.5, 0.6) is 11.5 Å². The number of anilines is 1. The molecule has 1 N–H and O–H groups in total. The average Bonchev–Trinajstić information content (AvgIpc) is 3.08. The Balaban J connectivity index is 1.72. The molecule has 0 unspecified atom stereocenters. The third-order valence-electron chi connectivity index (χ3n) is 4.28. The highest BCUT2D eigenvalue weighted by Gasteiger charge is 2.29. The number of hydrogen-bond donors (Lipinski definition) is 1. The molecule has 0 saturated carbocycles. The first kappa shape index (κ1) is 19.0. The summed E-state index contributed by atoms with van der Waals surface area (Å²) in [5.41, 5.74) is 2.29. The Kier molecular flexibility index (Phi) is 5.27. The van der Waals surface area contributed by atoms with Crippen LogP contribution in [0.1, 0.15) is 18.1 Å². The van der Waals surface area contributed by atoms with Crippen LogP contribution in [0.25, 0.3) is 0 Å². The zero-order chi connectivity index (χ0) is 19.6. The fourth-order valence-corrected chi connectivity index (χ4v) is 4.06. The number of rotatable bonds is 6. The van der Waals surface area contributed by atoms with Crippen molar-refractivity contribution in [3.05, 3.63) is 53.6 Å². The Hall–Kier alpha value is -2.74. The maximum atomic E-state index is 12.6. The number of ether oxygens (including phenoxy) is 2. The van der Waals surface area contributed by atoms with Crippen molar-refractivity contribution in [3.63, 3.8) is 0 Å². The van der Waals surface area contributed by atoms with Crippen LogP contribution in [0.4, 0.5) is 5.69 Å². The van der Waals surface area contributed by atoms with Crippen molar-refractivity contribution in [1.82, 2.24) is 5.32 Å². The Morgan fingerprint density at radius 2 is 1.81 bits per heavy atom. The van der Waals surface area contributed by atoms with Gasteiger partial charge in [-0.15, -0.1) is 0 Å². The molecule has 0 aromatic heterocycles.